The number of amides is 1. The quantitative estimate of drug-likeness (QED) is 0.345. The summed E-state index contributed by atoms with van der Waals surface area (Å²) >= 11 is 11.9. The van der Waals surface area contributed by atoms with Gasteiger partial charge in [-0.3, -0.25) is 19.9 Å². The molecule has 0 unspecified atom stereocenters. The average molecular weight is 404 g/mol. The number of nitrogens with one attached hydrogen (secondary N) is 1. The number of nitrogens with zero attached hydrogens (tertiary/aromatic N) is 2. The maximum Gasteiger partial charge on any atom is 0.433 e. The molecule has 0 aliphatic carbocycles. The minimum atomic E-state index is -0.630. The van der Waals surface area contributed by atoms with Gasteiger partial charge in [-0.2, -0.15) is 0 Å². The Balaban J connectivity index is 1.74. The fourth-order valence-corrected chi connectivity index (χ4v) is 2.68. The van der Waals surface area contributed by atoms with Crippen LogP contribution in [0.3, 0.4) is 0 Å². The first-order valence-corrected chi connectivity index (χ1v) is 8.33. The largest absolute Gasteiger partial charge is 0.433 e. The van der Waals surface area contributed by atoms with E-state index in [4.69, 9.17) is 27.6 Å². The highest BCUT2D eigenvalue weighted by atomic mass is 35.5. The number of carbonyl (C=O) groups is 1. The van der Waals surface area contributed by atoms with Crippen molar-refractivity contribution in [3.63, 3.8) is 0 Å². The number of furan rings is 1. The number of carbonyl (C=O) groups excluding carboxylic acids is 1. The van der Waals surface area contributed by atoms with Crippen LogP contribution in [0.5, 0.6) is 0 Å². The van der Waals surface area contributed by atoms with Crippen LogP contribution in [-0.4, -0.2) is 17.0 Å². The molecule has 2 aromatic carbocycles. The Labute approximate surface area is 163 Å². The van der Waals surface area contributed by atoms with Crippen LogP contribution in [0.25, 0.3) is 0 Å². The van der Waals surface area contributed by atoms with Crippen molar-refractivity contribution < 1.29 is 14.1 Å². The molecule has 1 aromatic heterocycles. The van der Waals surface area contributed by atoms with E-state index in [1.807, 2.05) is 0 Å². The van der Waals surface area contributed by atoms with Gasteiger partial charge in [-0.25, -0.2) is 0 Å². The zero-order chi connectivity index (χ0) is 19.4. The van der Waals surface area contributed by atoms with Crippen LogP contribution >= 0.6 is 23.2 Å². The highest BCUT2D eigenvalue weighted by Gasteiger charge is 2.12. The van der Waals surface area contributed by atoms with Gasteiger partial charge in [0.1, 0.15) is 4.92 Å². The Morgan fingerprint density at radius 1 is 1.15 bits per heavy atom. The van der Waals surface area contributed by atoms with Gasteiger partial charge in [0.05, 0.1) is 28.6 Å². The third-order valence-electron chi connectivity index (χ3n) is 3.41. The maximum atomic E-state index is 12.3. The van der Waals surface area contributed by atoms with Crippen LogP contribution < -0.4 is 5.32 Å². The zero-order valence-electron chi connectivity index (χ0n) is 13.6. The molecular weight excluding hydrogens is 393 g/mol. The first-order valence-electron chi connectivity index (χ1n) is 7.57. The van der Waals surface area contributed by atoms with Crippen LogP contribution in [0, 0.1) is 10.1 Å². The first kappa shape index (κ1) is 18.6. The smallest absolute Gasteiger partial charge is 0.400 e. The number of hydrogen-bond acceptors (Lipinski definition) is 5. The molecule has 0 atom stereocenters. The number of benzene rings is 2. The summed E-state index contributed by atoms with van der Waals surface area (Å²) in [4.78, 5) is 26.5. The maximum absolute atomic E-state index is 12.3. The summed E-state index contributed by atoms with van der Waals surface area (Å²) in [7, 11) is 0. The zero-order valence-corrected chi connectivity index (χ0v) is 15.1. The number of rotatable bonds is 5. The topological polar surface area (TPSA) is 97.7 Å². The molecule has 1 N–H and O–H groups in total. The monoisotopic (exact) mass is 403 g/mol. The molecule has 0 bridgehead atoms. The summed E-state index contributed by atoms with van der Waals surface area (Å²) < 4.78 is 5.00. The van der Waals surface area contributed by atoms with Gasteiger partial charge in [0.25, 0.3) is 5.91 Å². The van der Waals surface area contributed by atoms with E-state index >= 15 is 0 Å². The number of nitro groups is 1. The highest BCUT2D eigenvalue weighted by Crippen LogP contribution is 2.24. The summed E-state index contributed by atoms with van der Waals surface area (Å²) in [5.41, 5.74) is 1.32. The van der Waals surface area contributed by atoms with Crippen LogP contribution in [0.1, 0.15) is 16.1 Å². The minimum Gasteiger partial charge on any atom is -0.400 e. The van der Waals surface area contributed by atoms with Crippen molar-refractivity contribution in [3.05, 3.63) is 86.1 Å². The van der Waals surface area contributed by atoms with Gasteiger partial charge in [0.15, 0.2) is 5.76 Å². The van der Waals surface area contributed by atoms with Gasteiger partial charge in [-0.05, 0) is 42.5 Å². The third kappa shape index (κ3) is 4.72. The number of aliphatic imine (C=N–C) groups is 1. The lowest BCUT2D eigenvalue weighted by Crippen LogP contribution is -2.12. The molecule has 0 radical (unpaired) electrons. The molecule has 3 aromatic rings. The first-order chi connectivity index (χ1) is 12.9. The van der Waals surface area contributed by atoms with Gasteiger partial charge < -0.3 is 9.73 Å². The molecule has 0 saturated heterocycles. The Bertz CT molecular complexity index is 1050. The molecule has 0 spiro atoms. The predicted molar refractivity (Wildman–Crippen MR) is 103 cm³/mol. The molecule has 9 heteroatoms. The van der Waals surface area contributed by atoms with Crippen molar-refractivity contribution in [1.29, 1.82) is 0 Å². The second-order valence-corrected chi connectivity index (χ2v) is 6.16. The Kier molecular flexibility index (Phi) is 5.54. The lowest BCUT2D eigenvalue weighted by Gasteiger charge is -2.07. The molecule has 7 nitrogen and oxygen atoms in total. The van der Waals surface area contributed by atoms with Crippen LogP contribution in [0.4, 0.5) is 17.3 Å². The lowest BCUT2D eigenvalue weighted by molar-refractivity contribution is -0.402. The summed E-state index contributed by atoms with van der Waals surface area (Å²) in [6, 6.07) is 14.0. The van der Waals surface area contributed by atoms with Gasteiger partial charge in [0.2, 0.25) is 0 Å². The normalized spacial score (nSPS) is 10.9. The van der Waals surface area contributed by atoms with Crippen molar-refractivity contribution in [2.24, 2.45) is 4.99 Å². The number of anilines is 1. The standard InChI is InChI=1S/C18H11Cl2N3O4/c19-11-4-6-15(16(20)8-11)18(24)22-13-3-1-2-12(9-13)21-10-14-5-7-17(27-14)23(25)26/h1-10H,(H,22,24). The molecule has 1 heterocycles. The molecule has 136 valence electrons. The number of hydrogen-bond donors (Lipinski definition) is 1. The van der Waals surface area contributed by atoms with E-state index in [0.29, 0.717) is 16.4 Å². The molecule has 3 rings (SSSR count). The Morgan fingerprint density at radius 2 is 1.96 bits per heavy atom. The van der Waals surface area contributed by atoms with Crippen molar-refractivity contribution in [1.82, 2.24) is 0 Å². The molecule has 0 fully saturated rings. The highest BCUT2D eigenvalue weighted by molar-refractivity contribution is 6.37. The van der Waals surface area contributed by atoms with Crippen molar-refractivity contribution in [3.8, 4) is 0 Å². The van der Waals surface area contributed by atoms with Crippen molar-refractivity contribution >= 4 is 52.6 Å². The van der Waals surface area contributed by atoms with E-state index in [-0.39, 0.29) is 28.1 Å². The molecular formula is C18H11Cl2N3O4. The van der Waals surface area contributed by atoms with Crippen LogP contribution in [0.15, 0.2) is 64.0 Å². The van der Waals surface area contributed by atoms with E-state index in [1.54, 1.807) is 30.3 Å². The lowest BCUT2D eigenvalue weighted by atomic mass is 10.2. The second kappa shape index (κ2) is 8.03. The Morgan fingerprint density at radius 3 is 2.67 bits per heavy atom. The molecule has 1 amide bonds. The fraction of sp³-hybridized carbons (Fsp3) is 0. The molecule has 27 heavy (non-hydrogen) atoms. The third-order valence-corrected chi connectivity index (χ3v) is 3.96. The second-order valence-electron chi connectivity index (χ2n) is 5.32. The van der Waals surface area contributed by atoms with Gasteiger partial charge in [-0.1, -0.05) is 29.3 Å². The fourth-order valence-electron chi connectivity index (χ4n) is 2.18. The van der Waals surface area contributed by atoms with Crippen molar-refractivity contribution in [2.75, 3.05) is 5.32 Å². The molecule has 0 saturated carbocycles. The molecule has 0 aliphatic rings. The van der Waals surface area contributed by atoms with E-state index in [2.05, 4.69) is 10.3 Å². The summed E-state index contributed by atoms with van der Waals surface area (Å²) in [5.74, 6) is -0.513. The van der Waals surface area contributed by atoms with E-state index in [1.165, 1.54) is 30.5 Å². The van der Waals surface area contributed by atoms with Gasteiger partial charge in [-0.15, -0.1) is 0 Å². The summed E-state index contributed by atoms with van der Waals surface area (Å²) in [5, 5.41) is 14.0. The summed E-state index contributed by atoms with van der Waals surface area (Å²) in [6.07, 6.45) is 1.35. The van der Waals surface area contributed by atoms with Gasteiger partial charge >= 0.3 is 5.88 Å². The van der Waals surface area contributed by atoms with Crippen molar-refractivity contribution in [2.45, 2.75) is 0 Å². The van der Waals surface area contributed by atoms with Gasteiger partial charge in [0, 0.05) is 10.7 Å². The van der Waals surface area contributed by atoms with Crippen LogP contribution in [-0.2, 0) is 0 Å². The molecule has 0 aliphatic heterocycles. The predicted octanol–water partition coefficient (Wildman–Crippen LogP) is 5.50. The van der Waals surface area contributed by atoms with E-state index < -0.39 is 4.92 Å². The minimum absolute atomic E-state index is 0.240. The SMILES string of the molecule is O=C(Nc1cccc(N=Cc2ccc([N+](=O)[O-])o2)c1)c1ccc(Cl)cc1Cl. The van der Waals surface area contributed by atoms with E-state index in [0.717, 1.165) is 0 Å². The van der Waals surface area contributed by atoms with Crippen LogP contribution in [0.2, 0.25) is 10.0 Å². The summed E-state index contributed by atoms with van der Waals surface area (Å²) in [6.45, 7) is 0. The average Bonchev–Trinajstić information content (AvgIpc) is 3.09. The Hall–Kier alpha value is -3.16. The van der Waals surface area contributed by atoms with E-state index in [9.17, 15) is 14.9 Å². The number of halogens is 2.